The predicted molar refractivity (Wildman–Crippen MR) is 117 cm³/mol. The third-order valence-electron chi connectivity index (χ3n) is 4.57. The van der Waals surface area contributed by atoms with Gasteiger partial charge in [-0.15, -0.1) is 0 Å². The highest BCUT2D eigenvalue weighted by Crippen LogP contribution is 2.26. The highest BCUT2D eigenvalue weighted by molar-refractivity contribution is 5.84. The van der Waals surface area contributed by atoms with Crippen LogP contribution in [0, 0.1) is 6.92 Å². The SMILES string of the molecule is Cc1oc2cc(OCC(=O)NCCCOC(C)C)ccc2c(=O)c1-c1ccccc1. The largest absolute Gasteiger partial charge is 0.484 e. The molecule has 0 aliphatic rings. The van der Waals surface area contributed by atoms with E-state index in [1.165, 1.54) is 0 Å². The van der Waals surface area contributed by atoms with Crippen molar-refractivity contribution in [2.45, 2.75) is 33.3 Å². The first-order valence-corrected chi connectivity index (χ1v) is 10.1. The molecule has 6 heteroatoms. The van der Waals surface area contributed by atoms with Gasteiger partial charge in [0.1, 0.15) is 17.1 Å². The van der Waals surface area contributed by atoms with Gasteiger partial charge in [-0.3, -0.25) is 9.59 Å². The molecule has 0 spiro atoms. The third kappa shape index (κ3) is 5.48. The monoisotopic (exact) mass is 409 g/mol. The molecular formula is C24H27NO5. The second kappa shape index (κ2) is 10.1. The Balaban J connectivity index is 1.65. The van der Waals surface area contributed by atoms with Crippen LogP contribution in [0.4, 0.5) is 0 Å². The maximum atomic E-state index is 13.0. The first kappa shape index (κ1) is 21.6. The molecule has 3 rings (SSSR count). The molecule has 0 radical (unpaired) electrons. The molecule has 0 fully saturated rings. The number of amides is 1. The third-order valence-corrected chi connectivity index (χ3v) is 4.57. The summed E-state index contributed by atoms with van der Waals surface area (Å²) < 4.78 is 16.9. The van der Waals surface area contributed by atoms with Gasteiger partial charge in [0, 0.05) is 19.2 Å². The van der Waals surface area contributed by atoms with E-state index in [1.54, 1.807) is 25.1 Å². The summed E-state index contributed by atoms with van der Waals surface area (Å²) in [6.45, 7) is 6.74. The van der Waals surface area contributed by atoms with Crippen molar-refractivity contribution >= 4 is 16.9 Å². The summed E-state index contributed by atoms with van der Waals surface area (Å²) in [5.41, 5.74) is 1.72. The van der Waals surface area contributed by atoms with Gasteiger partial charge in [0.15, 0.2) is 6.61 Å². The van der Waals surface area contributed by atoms with Crippen LogP contribution in [0.5, 0.6) is 5.75 Å². The van der Waals surface area contributed by atoms with Crippen molar-refractivity contribution in [2.24, 2.45) is 0 Å². The number of rotatable bonds is 9. The number of nitrogens with one attached hydrogen (secondary N) is 1. The molecule has 0 saturated heterocycles. The Hall–Kier alpha value is -3.12. The molecular weight excluding hydrogens is 382 g/mol. The average molecular weight is 409 g/mol. The van der Waals surface area contributed by atoms with E-state index in [-0.39, 0.29) is 24.0 Å². The van der Waals surface area contributed by atoms with Gasteiger partial charge in [0.05, 0.1) is 17.1 Å². The molecule has 0 atom stereocenters. The van der Waals surface area contributed by atoms with E-state index >= 15 is 0 Å². The normalized spacial score (nSPS) is 11.1. The van der Waals surface area contributed by atoms with Crippen LogP contribution in [-0.2, 0) is 9.53 Å². The lowest BCUT2D eigenvalue weighted by Gasteiger charge is -2.10. The highest BCUT2D eigenvalue weighted by Gasteiger charge is 2.14. The highest BCUT2D eigenvalue weighted by atomic mass is 16.5. The van der Waals surface area contributed by atoms with Gasteiger partial charge >= 0.3 is 0 Å². The number of ether oxygens (including phenoxy) is 2. The Labute approximate surface area is 175 Å². The lowest BCUT2D eigenvalue weighted by Crippen LogP contribution is -2.30. The minimum Gasteiger partial charge on any atom is -0.484 e. The molecule has 0 aliphatic carbocycles. The summed E-state index contributed by atoms with van der Waals surface area (Å²) in [4.78, 5) is 24.9. The molecule has 6 nitrogen and oxygen atoms in total. The van der Waals surface area contributed by atoms with E-state index in [1.807, 2.05) is 44.2 Å². The Morgan fingerprint density at radius 1 is 1.13 bits per heavy atom. The van der Waals surface area contributed by atoms with Crippen LogP contribution in [0.15, 0.2) is 57.7 Å². The number of aryl methyl sites for hydroxylation is 1. The molecule has 1 N–H and O–H groups in total. The van der Waals surface area contributed by atoms with Crippen LogP contribution in [-0.4, -0.2) is 31.8 Å². The van der Waals surface area contributed by atoms with Gasteiger partial charge in [-0.05, 0) is 44.9 Å². The van der Waals surface area contributed by atoms with Crippen LogP contribution in [0.1, 0.15) is 26.0 Å². The minimum atomic E-state index is -0.211. The fraction of sp³-hybridized carbons (Fsp3) is 0.333. The van der Waals surface area contributed by atoms with Gasteiger partial charge < -0.3 is 19.2 Å². The minimum absolute atomic E-state index is 0.0899. The molecule has 1 amide bonds. The lowest BCUT2D eigenvalue weighted by atomic mass is 10.0. The Bertz CT molecular complexity index is 1060. The van der Waals surface area contributed by atoms with Crippen LogP contribution in [0.2, 0.25) is 0 Å². The lowest BCUT2D eigenvalue weighted by molar-refractivity contribution is -0.123. The fourth-order valence-corrected chi connectivity index (χ4v) is 3.13. The Morgan fingerprint density at radius 2 is 1.90 bits per heavy atom. The van der Waals surface area contributed by atoms with Crippen molar-refractivity contribution in [3.05, 3.63) is 64.5 Å². The zero-order valence-electron chi connectivity index (χ0n) is 17.6. The molecule has 30 heavy (non-hydrogen) atoms. The van der Waals surface area contributed by atoms with Crippen molar-refractivity contribution in [3.63, 3.8) is 0 Å². The molecule has 3 aromatic rings. The first-order valence-electron chi connectivity index (χ1n) is 10.1. The summed E-state index contributed by atoms with van der Waals surface area (Å²) in [7, 11) is 0. The standard InChI is InChI=1S/C24H27NO5/c1-16(2)28-13-7-12-25-22(26)15-29-19-10-11-20-21(14-19)30-17(3)23(24(20)27)18-8-5-4-6-9-18/h4-6,8-11,14,16H,7,12-13,15H2,1-3H3,(H,25,26). The second-order valence-corrected chi connectivity index (χ2v) is 7.30. The molecule has 2 aromatic carbocycles. The van der Waals surface area contributed by atoms with Gasteiger partial charge in [-0.1, -0.05) is 30.3 Å². The van der Waals surface area contributed by atoms with Crippen LogP contribution >= 0.6 is 0 Å². The molecule has 0 bridgehead atoms. The van der Waals surface area contributed by atoms with Gasteiger partial charge in [0.25, 0.3) is 5.91 Å². The maximum Gasteiger partial charge on any atom is 0.257 e. The Morgan fingerprint density at radius 3 is 2.63 bits per heavy atom. The fourth-order valence-electron chi connectivity index (χ4n) is 3.13. The number of carbonyl (C=O) groups is 1. The molecule has 0 unspecified atom stereocenters. The smallest absolute Gasteiger partial charge is 0.257 e. The van der Waals surface area contributed by atoms with E-state index in [9.17, 15) is 9.59 Å². The Kier molecular flexibility index (Phi) is 7.25. The first-order chi connectivity index (χ1) is 14.5. The molecule has 1 aromatic heterocycles. The van der Waals surface area contributed by atoms with Crippen molar-refractivity contribution in [1.29, 1.82) is 0 Å². The zero-order chi connectivity index (χ0) is 21.5. The topological polar surface area (TPSA) is 77.8 Å². The van der Waals surface area contributed by atoms with Crippen molar-refractivity contribution in [2.75, 3.05) is 19.8 Å². The summed E-state index contributed by atoms with van der Waals surface area (Å²) in [5.74, 6) is 0.796. The van der Waals surface area contributed by atoms with Crippen molar-refractivity contribution < 1.29 is 18.7 Å². The van der Waals surface area contributed by atoms with Crippen molar-refractivity contribution in [3.8, 4) is 16.9 Å². The van der Waals surface area contributed by atoms with Crippen molar-refractivity contribution in [1.82, 2.24) is 5.32 Å². The summed E-state index contributed by atoms with van der Waals surface area (Å²) in [6, 6.07) is 14.4. The molecule has 0 saturated carbocycles. The van der Waals surface area contributed by atoms with Gasteiger partial charge in [-0.2, -0.15) is 0 Å². The number of hydrogen-bond donors (Lipinski definition) is 1. The number of carbonyl (C=O) groups excluding carboxylic acids is 1. The summed E-state index contributed by atoms with van der Waals surface area (Å²) in [5, 5.41) is 3.26. The molecule has 158 valence electrons. The zero-order valence-corrected chi connectivity index (χ0v) is 17.6. The van der Waals surface area contributed by atoms with Gasteiger partial charge in [-0.25, -0.2) is 0 Å². The van der Waals surface area contributed by atoms with Gasteiger partial charge in [0.2, 0.25) is 5.43 Å². The average Bonchev–Trinajstić information content (AvgIpc) is 2.72. The maximum absolute atomic E-state index is 13.0. The molecule has 0 aliphatic heterocycles. The van der Waals surface area contributed by atoms with E-state index in [2.05, 4.69) is 5.32 Å². The van der Waals surface area contributed by atoms with E-state index < -0.39 is 0 Å². The van der Waals surface area contributed by atoms with E-state index in [0.29, 0.717) is 41.2 Å². The summed E-state index contributed by atoms with van der Waals surface area (Å²) >= 11 is 0. The number of benzene rings is 2. The number of fused-ring (bicyclic) bond motifs is 1. The van der Waals surface area contributed by atoms with Crippen LogP contribution < -0.4 is 15.5 Å². The quantitative estimate of drug-likeness (QED) is 0.539. The predicted octanol–water partition coefficient (Wildman–Crippen LogP) is 4.08. The number of hydrogen-bond acceptors (Lipinski definition) is 5. The summed E-state index contributed by atoms with van der Waals surface area (Å²) in [6.07, 6.45) is 0.929. The van der Waals surface area contributed by atoms with Crippen LogP contribution in [0.25, 0.3) is 22.1 Å². The van der Waals surface area contributed by atoms with Crippen LogP contribution in [0.3, 0.4) is 0 Å². The van der Waals surface area contributed by atoms with E-state index in [4.69, 9.17) is 13.9 Å². The molecule has 1 heterocycles. The second-order valence-electron chi connectivity index (χ2n) is 7.30. The van der Waals surface area contributed by atoms with E-state index in [0.717, 1.165) is 12.0 Å².